The van der Waals surface area contributed by atoms with Crippen molar-refractivity contribution >= 4 is 23.9 Å². The summed E-state index contributed by atoms with van der Waals surface area (Å²) in [6, 6.07) is 0. The van der Waals surface area contributed by atoms with Gasteiger partial charge in [-0.1, -0.05) is 49.6 Å². The van der Waals surface area contributed by atoms with Gasteiger partial charge in [-0.05, 0) is 26.0 Å². The summed E-state index contributed by atoms with van der Waals surface area (Å²) in [6.07, 6.45) is 6.21. The van der Waals surface area contributed by atoms with Gasteiger partial charge in [0.05, 0.1) is 11.1 Å². The highest BCUT2D eigenvalue weighted by Gasteiger charge is 2.41. The average Bonchev–Trinajstić information content (AvgIpc) is 2.64. The van der Waals surface area contributed by atoms with Crippen molar-refractivity contribution in [3.8, 4) is 0 Å². The molecule has 0 heterocycles. The molecule has 0 rings (SSSR count). The summed E-state index contributed by atoms with van der Waals surface area (Å²) in [5.41, 5.74) is -0.106. The molecule has 0 aromatic heterocycles. The standard InChI is InChI=1S/C20H22O8/c1-5-9-12-13(8-4)19(25)27-15(17(21)22)16(18(23)24)28-20(26)14(10-6-2)11-7-3/h5-12,15-16H,1-2H2,3-4H3,(H,21,22)(H,23,24)/b11-7-,12-9-,13-8+,14-10+/t15-,16-/m0/s1. The van der Waals surface area contributed by atoms with Crippen LogP contribution in [0.4, 0.5) is 0 Å². The first-order valence-electron chi connectivity index (χ1n) is 8.01. The van der Waals surface area contributed by atoms with E-state index in [1.807, 2.05) is 0 Å². The van der Waals surface area contributed by atoms with Gasteiger partial charge in [-0.15, -0.1) is 0 Å². The van der Waals surface area contributed by atoms with E-state index in [4.69, 9.17) is 9.47 Å². The molecule has 2 N–H and O–H groups in total. The zero-order valence-corrected chi connectivity index (χ0v) is 15.5. The molecule has 0 saturated heterocycles. The number of allylic oxidation sites excluding steroid dienone is 6. The molecule has 150 valence electrons. The van der Waals surface area contributed by atoms with Crippen LogP contribution in [0.2, 0.25) is 0 Å². The second-order valence-corrected chi connectivity index (χ2v) is 5.02. The van der Waals surface area contributed by atoms with Gasteiger partial charge < -0.3 is 19.7 Å². The summed E-state index contributed by atoms with van der Waals surface area (Å²) < 4.78 is 9.56. The van der Waals surface area contributed by atoms with E-state index < -0.39 is 36.1 Å². The van der Waals surface area contributed by atoms with Crippen molar-refractivity contribution in [1.29, 1.82) is 0 Å². The van der Waals surface area contributed by atoms with Gasteiger partial charge in [-0.3, -0.25) is 0 Å². The van der Waals surface area contributed by atoms with Crippen LogP contribution in [-0.4, -0.2) is 46.3 Å². The van der Waals surface area contributed by atoms with Crippen LogP contribution < -0.4 is 0 Å². The van der Waals surface area contributed by atoms with E-state index in [2.05, 4.69) is 13.2 Å². The van der Waals surface area contributed by atoms with Crippen molar-refractivity contribution in [2.45, 2.75) is 26.1 Å². The number of ether oxygens (including phenoxy) is 2. The maximum atomic E-state index is 12.2. The van der Waals surface area contributed by atoms with Crippen LogP contribution in [0.1, 0.15) is 13.8 Å². The molecular weight excluding hydrogens is 368 g/mol. The van der Waals surface area contributed by atoms with Crippen molar-refractivity contribution < 1.29 is 38.9 Å². The van der Waals surface area contributed by atoms with Crippen LogP contribution in [-0.2, 0) is 28.7 Å². The van der Waals surface area contributed by atoms with Crippen LogP contribution in [0.25, 0.3) is 0 Å². The van der Waals surface area contributed by atoms with Gasteiger partial charge in [0, 0.05) is 0 Å². The smallest absolute Gasteiger partial charge is 0.349 e. The first-order chi connectivity index (χ1) is 13.2. The lowest BCUT2D eigenvalue weighted by molar-refractivity contribution is -0.184. The van der Waals surface area contributed by atoms with Crippen molar-refractivity contribution in [2.24, 2.45) is 0 Å². The first-order valence-corrected chi connectivity index (χ1v) is 8.01. The fourth-order valence-corrected chi connectivity index (χ4v) is 1.80. The minimum absolute atomic E-state index is 0.0391. The molecule has 0 aromatic rings. The minimum atomic E-state index is -2.27. The number of esters is 2. The number of carboxylic acid groups (broad SMARTS) is 2. The minimum Gasteiger partial charge on any atom is -0.478 e. The van der Waals surface area contributed by atoms with Gasteiger partial charge in [-0.25, -0.2) is 19.2 Å². The Morgan fingerprint density at radius 3 is 1.68 bits per heavy atom. The summed E-state index contributed by atoms with van der Waals surface area (Å²) >= 11 is 0. The molecule has 8 nitrogen and oxygen atoms in total. The molecule has 28 heavy (non-hydrogen) atoms. The molecule has 0 saturated carbocycles. The highest BCUT2D eigenvalue weighted by molar-refractivity contribution is 5.96. The zero-order chi connectivity index (χ0) is 21.7. The van der Waals surface area contributed by atoms with E-state index in [1.165, 1.54) is 55.5 Å². The Labute approximate surface area is 162 Å². The molecule has 0 aliphatic carbocycles. The molecule has 8 heteroatoms. The van der Waals surface area contributed by atoms with E-state index in [-0.39, 0.29) is 11.1 Å². The van der Waals surface area contributed by atoms with Gasteiger partial charge >= 0.3 is 23.9 Å². The van der Waals surface area contributed by atoms with Crippen molar-refractivity contribution in [1.82, 2.24) is 0 Å². The predicted molar refractivity (Wildman–Crippen MR) is 101 cm³/mol. The maximum absolute atomic E-state index is 12.2. The third kappa shape index (κ3) is 7.69. The van der Waals surface area contributed by atoms with E-state index in [9.17, 15) is 29.4 Å². The molecule has 0 fully saturated rings. The molecule has 0 radical (unpaired) electrons. The number of rotatable bonds is 11. The third-order valence-corrected chi connectivity index (χ3v) is 3.07. The van der Waals surface area contributed by atoms with E-state index in [1.54, 1.807) is 6.92 Å². The van der Waals surface area contributed by atoms with Gasteiger partial charge in [0.25, 0.3) is 0 Å². The fraction of sp³-hybridized carbons (Fsp3) is 0.200. The summed E-state index contributed by atoms with van der Waals surface area (Å²) in [5.74, 6) is -5.82. The van der Waals surface area contributed by atoms with Gasteiger partial charge in [0.2, 0.25) is 12.2 Å². The lowest BCUT2D eigenvalue weighted by atomic mass is 10.1. The van der Waals surface area contributed by atoms with Crippen LogP contribution in [0, 0.1) is 0 Å². The van der Waals surface area contributed by atoms with Crippen LogP contribution in [0.5, 0.6) is 0 Å². The number of carbonyl (C=O) groups is 4. The van der Waals surface area contributed by atoms with E-state index in [0.717, 1.165) is 0 Å². The van der Waals surface area contributed by atoms with Crippen LogP contribution in [0.3, 0.4) is 0 Å². The summed E-state index contributed by atoms with van der Waals surface area (Å²) in [5, 5.41) is 18.6. The Morgan fingerprint density at radius 1 is 0.821 bits per heavy atom. The molecule has 2 atom stereocenters. The SMILES string of the molecule is C=C/C=C\C(=C/C)C(=O)O[C@H](C(=O)O)[C@H](OC(=O)C(/C=C\C)=C/C=C)C(=O)O. The average molecular weight is 390 g/mol. The molecular formula is C20H22O8. The second kappa shape index (κ2) is 12.6. The molecule has 0 spiro atoms. The van der Waals surface area contributed by atoms with Crippen LogP contribution in [0.15, 0.2) is 72.9 Å². The Kier molecular flexibility index (Phi) is 11.0. The fourth-order valence-electron chi connectivity index (χ4n) is 1.80. The highest BCUT2D eigenvalue weighted by atomic mass is 16.6. The Hall–Kier alpha value is -3.68. The topological polar surface area (TPSA) is 127 Å². The van der Waals surface area contributed by atoms with Gasteiger partial charge in [0.15, 0.2) is 0 Å². The van der Waals surface area contributed by atoms with Crippen molar-refractivity contribution in [2.75, 3.05) is 0 Å². The largest absolute Gasteiger partial charge is 0.478 e. The summed E-state index contributed by atoms with van der Waals surface area (Å²) in [4.78, 5) is 47.3. The first kappa shape index (κ1) is 24.3. The third-order valence-electron chi connectivity index (χ3n) is 3.07. The van der Waals surface area contributed by atoms with E-state index >= 15 is 0 Å². The molecule has 0 aliphatic heterocycles. The zero-order valence-electron chi connectivity index (χ0n) is 15.5. The second-order valence-electron chi connectivity index (χ2n) is 5.02. The van der Waals surface area contributed by atoms with Crippen molar-refractivity contribution in [3.05, 3.63) is 72.9 Å². The summed E-state index contributed by atoms with van der Waals surface area (Å²) in [6.45, 7) is 9.96. The van der Waals surface area contributed by atoms with Crippen LogP contribution >= 0.6 is 0 Å². The molecule has 0 unspecified atom stereocenters. The molecule has 0 bridgehead atoms. The van der Waals surface area contributed by atoms with Crippen molar-refractivity contribution in [3.63, 3.8) is 0 Å². The number of carboxylic acids is 2. The quantitative estimate of drug-likeness (QED) is 0.313. The summed E-state index contributed by atoms with van der Waals surface area (Å²) in [7, 11) is 0. The van der Waals surface area contributed by atoms with Gasteiger partial charge in [-0.2, -0.15) is 0 Å². The monoisotopic (exact) mass is 390 g/mol. The number of aliphatic carboxylic acids is 2. The lowest BCUT2D eigenvalue weighted by Crippen LogP contribution is -2.46. The lowest BCUT2D eigenvalue weighted by Gasteiger charge is -2.21. The number of carbonyl (C=O) groups excluding carboxylic acids is 2. The van der Waals surface area contributed by atoms with Gasteiger partial charge in [0.1, 0.15) is 0 Å². The molecule has 0 aliphatic rings. The Balaban J connectivity index is 5.73. The highest BCUT2D eigenvalue weighted by Crippen LogP contribution is 2.13. The molecule has 0 amide bonds. The Bertz CT molecular complexity index is 752. The maximum Gasteiger partial charge on any atom is 0.349 e. The van der Waals surface area contributed by atoms with E-state index in [0.29, 0.717) is 0 Å². The Morgan fingerprint density at radius 2 is 1.32 bits per heavy atom. The number of hydrogen-bond donors (Lipinski definition) is 2. The predicted octanol–water partition coefficient (Wildman–Crippen LogP) is 2.36. The number of hydrogen-bond acceptors (Lipinski definition) is 6. The molecule has 0 aromatic carbocycles. The normalized spacial score (nSPS) is 14.4.